The van der Waals surface area contributed by atoms with Crippen LogP contribution < -0.4 is 5.32 Å². The fourth-order valence-electron chi connectivity index (χ4n) is 3.01. The molecule has 118 valence electrons. The van der Waals surface area contributed by atoms with E-state index >= 15 is 0 Å². The second-order valence-corrected chi connectivity index (χ2v) is 6.29. The van der Waals surface area contributed by atoms with Gasteiger partial charge < -0.3 is 14.4 Å². The highest BCUT2D eigenvalue weighted by Crippen LogP contribution is 2.29. The van der Waals surface area contributed by atoms with Crippen LogP contribution in [0.25, 0.3) is 0 Å². The molecule has 6 nitrogen and oxygen atoms in total. The van der Waals surface area contributed by atoms with E-state index in [-0.39, 0.29) is 17.7 Å². The molecule has 1 atom stereocenters. The molecule has 1 aliphatic rings. The largest absolute Gasteiger partial charge is 0.359 e. The number of rotatable bonds is 3. The van der Waals surface area contributed by atoms with Gasteiger partial charge in [0.25, 0.3) is 0 Å². The predicted molar refractivity (Wildman–Crippen MR) is 82.7 cm³/mol. The highest BCUT2D eigenvalue weighted by Gasteiger charge is 2.28. The minimum absolute atomic E-state index is 0.0297. The first kappa shape index (κ1) is 14.8. The summed E-state index contributed by atoms with van der Waals surface area (Å²) < 4.78 is 7.51. The van der Waals surface area contributed by atoms with E-state index in [9.17, 15) is 4.79 Å². The molecule has 0 saturated heterocycles. The maximum Gasteiger partial charge on any atom is 0.228 e. The van der Waals surface area contributed by atoms with Crippen LogP contribution in [-0.4, -0.2) is 20.6 Å². The summed E-state index contributed by atoms with van der Waals surface area (Å²) in [6, 6.07) is 0. The number of carbonyl (C=O) groups excluding carboxylic acids is 1. The van der Waals surface area contributed by atoms with Gasteiger partial charge in [0.1, 0.15) is 17.2 Å². The molecule has 2 aromatic heterocycles. The first-order valence-corrected chi connectivity index (χ1v) is 7.75. The quantitative estimate of drug-likeness (QED) is 0.946. The highest BCUT2D eigenvalue weighted by atomic mass is 16.5. The van der Waals surface area contributed by atoms with E-state index < -0.39 is 0 Å². The maximum absolute atomic E-state index is 12.6. The second kappa shape index (κ2) is 5.59. The predicted octanol–water partition coefficient (Wildman–Crippen LogP) is 2.81. The molecule has 0 aromatic carbocycles. The molecule has 1 aliphatic heterocycles. The van der Waals surface area contributed by atoms with Crippen molar-refractivity contribution in [3.05, 3.63) is 29.2 Å². The van der Waals surface area contributed by atoms with Crippen LogP contribution in [0.4, 0.5) is 5.69 Å². The lowest BCUT2D eigenvalue weighted by molar-refractivity contribution is -0.120. The molecule has 0 spiro atoms. The molecule has 3 heterocycles. The van der Waals surface area contributed by atoms with Crippen molar-refractivity contribution in [2.75, 3.05) is 5.32 Å². The number of amides is 1. The van der Waals surface area contributed by atoms with Gasteiger partial charge in [0.15, 0.2) is 5.76 Å². The molecule has 2 aromatic rings. The number of aromatic nitrogens is 3. The number of fused-ring (bicyclic) bond motifs is 1. The number of carbonyl (C=O) groups is 1. The Morgan fingerprint density at radius 2 is 2.23 bits per heavy atom. The minimum atomic E-state index is -0.0297. The summed E-state index contributed by atoms with van der Waals surface area (Å²) in [7, 11) is 0. The fraction of sp³-hybridized carbons (Fsp3) is 0.562. The zero-order valence-corrected chi connectivity index (χ0v) is 13.5. The van der Waals surface area contributed by atoms with E-state index in [1.807, 2.05) is 33.9 Å². The van der Waals surface area contributed by atoms with Gasteiger partial charge >= 0.3 is 0 Å². The SMILES string of the molecule is Cc1noc(C(C)C)c1NC(=O)[C@H]1CCn2c(cnc2C)C1. The number of hydrogen-bond donors (Lipinski definition) is 1. The lowest BCUT2D eigenvalue weighted by atomic mass is 9.95. The van der Waals surface area contributed by atoms with E-state index in [4.69, 9.17) is 4.52 Å². The molecule has 6 heteroatoms. The van der Waals surface area contributed by atoms with Crippen molar-refractivity contribution in [2.24, 2.45) is 5.92 Å². The van der Waals surface area contributed by atoms with Crippen molar-refractivity contribution in [2.45, 2.75) is 53.0 Å². The normalized spacial score (nSPS) is 17.6. The van der Waals surface area contributed by atoms with Crippen LogP contribution >= 0.6 is 0 Å². The Kier molecular flexibility index (Phi) is 3.76. The highest BCUT2D eigenvalue weighted by molar-refractivity contribution is 5.93. The lowest BCUT2D eigenvalue weighted by Gasteiger charge is -2.24. The van der Waals surface area contributed by atoms with Gasteiger partial charge in [-0.15, -0.1) is 0 Å². The van der Waals surface area contributed by atoms with Gasteiger partial charge in [-0.05, 0) is 20.3 Å². The summed E-state index contributed by atoms with van der Waals surface area (Å²) in [6.07, 6.45) is 3.43. The molecule has 1 amide bonds. The fourth-order valence-corrected chi connectivity index (χ4v) is 3.01. The van der Waals surface area contributed by atoms with Gasteiger partial charge in [0.05, 0.1) is 0 Å². The Balaban J connectivity index is 1.75. The Morgan fingerprint density at radius 1 is 1.45 bits per heavy atom. The van der Waals surface area contributed by atoms with E-state index in [1.54, 1.807) is 0 Å². The topological polar surface area (TPSA) is 73.0 Å². The van der Waals surface area contributed by atoms with Gasteiger partial charge in [0, 0.05) is 36.7 Å². The van der Waals surface area contributed by atoms with Gasteiger partial charge in [0.2, 0.25) is 5.91 Å². The summed E-state index contributed by atoms with van der Waals surface area (Å²) in [4.78, 5) is 16.9. The molecule has 22 heavy (non-hydrogen) atoms. The van der Waals surface area contributed by atoms with Crippen LogP contribution in [0.2, 0.25) is 0 Å². The molecule has 0 fully saturated rings. The van der Waals surface area contributed by atoms with Gasteiger partial charge in [-0.1, -0.05) is 19.0 Å². The first-order valence-electron chi connectivity index (χ1n) is 7.75. The maximum atomic E-state index is 12.6. The van der Waals surface area contributed by atoms with Crippen molar-refractivity contribution >= 4 is 11.6 Å². The van der Waals surface area contributed by atoms with Crippen LogP contribution in [0.15, 0.2) is 10.7 Å². The molecular weight excluding hydrogens is 280 g/mol. The van der Waals surface area contributed by atoms with E-state index in [1.165, 1.54) is 0 Å². The monoisotopic (exact) mass is 302 g/mol. The second-order valence-electron chi connectivity index (χ2n) is 6.29. The Labute approximate surface area is 129 Å². The summed E-state index contributed by atoms with van der Waals surface area (Å²) in [5.74, 6) is 1.96. The summed E-state index contributed by atoms with van der Waals surface area (Å²) in [5.41, 5.74) is 2.60. The molecule has 0 unspecified atom stereocenters. The molecule has 0 saturated carbocycles. The third-order valence-corrected chi connectivity index (χ3v) is 4.33. The summed E-state index contributed by atoms with van der Waals surface area (Å²) >= 11 is 0. The molecular formula is C16H22N4O2. The van der Waals surface area contributed by atoms with Crippen LogP contribution in [0.3, 0.4) is 0 Å². The number of anilines is 1. The minimum Gasteiger partial charge on any atom is -0.359 e. The van der Waals surface area contributed by atoms with Gasteiger partial charge in [-0.2, -0.15) is 0 Å². The van der Waals surface area contributed by atoms with E-state index in [2.05, 4.69) is 20.0 Å². The number of nitrogens with zero attached hydrogens (tertiary/aromatic N) is 3. The summed E-state index contributed by atoms with van der Waals surface area (Å²) in [6.45, 7) is 8.75. The third kappa shape index (κ3) is 2.53. The smallest absolute Gasteiger partial charge is 0.228 e. The van der Waals surface area contributed by atoms with Crippen molar-refractivity contribution < 1.29 is 9.32 Å². The standard InChI is InChI=1S/C16H22N4O2/c1-9(2)15-14(10(3)19-22-15)18-16(21)12-5-6-20-11(4)17-8-13(20)7-12/h8-9,12H,5-7H2,1-4H3,(H,18,21)/t12-/m0/s1. The summed E-state index contributed by atoms with van der Waals surface area (Å²) in [5, 5.41) is 6.99. The lowest BCUT2D eigenvalue weighted by Crippen LogP contribution is -2.30. The molecule has 0 radical (unpaired) electrons. The number of imidazole rings is 1. The van der Waals surface area contributed by atoms with Gasteiger partial charge in [-0.25, -0.2) is 4.98 Å². The Bertz CT molecular complexity index is 699. The Morgan fingerprint density at radius 3 is 2.95 bits per heavy atom. The van der Waals surface area contributed by atoms with E-state index in [0.717, 1.165) is 48.0 Å². The first-order chi connectivity index (χ1) is 10.5. The van der Waals surface area contributed by atoms with Crippen LogP contribution in [0, 0.1) is 19.8 Å². The molecule has 0 bridgehead atoms. The Hall–Kier alpha value is -2.11. The number of aryl methyl sites for hydroxylation is 2. The van der Waals surface area contributed by atoms with Crippen molar-refractivity contribution in [1.82, 2.24) is 14.7 Å². The van der Waals surface area contributed by atoms with Crippen LogP contribution in [0.1, 0.15) is 49.2 Å². The molecule has 1 N–H and O–H groups in total. The van der Waals surface area contributed by atoms with Crippen LogP contribution in [-0.2, 0) is 17.8 Å². The number of hydrogen-bond acceptors (Lipinski definition) is 4. The van der Waals surface area contributed by atoms with Gasteiger partial charge in [-0.3, -0.25) is 4.79 Å². The average molecular weight is 302 g/mol. The van der Waals surface area contributed by atoms with Crippen molar-refractivity contribution in [1.29, 1.82) is 0 Å². The van der Waals surface area contributed by atoms with E-state index in [0.29, 0.717) is 0 Å². The zero-order valence-electron chi connectivity index (χ0n) is 13.5. The molecule has 3 rings (SSSR count). The third-order valence-electron chi connectivity index (χ3n) is 4.33. The van der Waals surface area contributed by atoms with Crippen molar-refractivity contribution in [3.8, 4) is 0 Å². The number of nitrogens with one attached hydrogen (secondary N) is 1. The molecule has 0 aliphatic carbocycles. The zero-order chi connectivity index (χ0) is 15.9. The average Bonchev–Trinajstić information content (AvgIpc) is 3.03. The van der Waals surface area contributed by atoms with Crippen molar-refractivity contribution in [3.63, 3.8) is 0 Å². The van der Waals surface area contributed by atoms with Crippen LogP contribution in [0.5, 0.6) is 0 Å².